The first-order valence-electron chi connectivity index (χ1n) is 1.11. The fourth-order valence-corrected chi connectivity index (χ4v) is 0. The molecule has 31 valence electrons. The van der Waals surface area contributed by atoms with Crippen LogP contribution >= 0.6 is 12.2 Å². The molecule has 0 aliphatic rings. The van der Waals surface area contributed by atoms with Crippen molar-refractivity contribution < 1.29 is 4.74 Å². The molecule has 2 nitrogen and oxygen atoms in total. The summed E-state index contributed by atoms with van der Waals surface area (Å²) in [7, 11) is 1.43. The zero-order chi connectivity index (χ0) is 4.28. The number of methoxy groups -OCH3 is 1. The van der Waals surface area contributed by atoms with Crippen LogP contribution in [0.5, 0.6) is 0 Å². The molecule has 0 aromatic rings. The van der Waals surface area contributed by atoms with Crippen molar-refractivity contribution in [2.45, 2.75) is 0 Å². The summed E-state index contributed by atoms with van der Waals surface area (Å²) in [6.45, 7) is 0. The molecular weight excluding hydrogens is 109 g/mol. The summed E-state index contributed by atoms with van der Waals surface area (Å²) in [5.74, 6) is 0. The summed E-state index contributed by atoms with van der Waals surface area (Å²) in [4.78, 5) is 0. The molecule has 0 unspecified atom stereocenters. The Morgan fingerprint density at radius 1 is 1.83 bits per heavy atom. The number of thiocarbonyl (C=S) groups is 1. The number of nitrogens with two attached hydrogens (primary N) is 1. The van der Waals surface area contributed by atoms with Crippen molar-refractivity contribution in [3.05, 3.63) is 0 Å². The Morgan fingerprint density at radius 3 is 2.00 bits per heavy atom. The second-order valence-electron chi connectivity index (χ2n) is 0.523. The van der Waals surface area contributed by atoms with E-state index in [2.05, 4.69) is 17.0 Å². The number of ether oxygens (including phenoxy) is 1. The smallest absolute Gasteiger partial charge is 0.253 e. The van der Waals surface area contributed by atoms with Crippen LogP contribution < -0.4 is 5.73 Å². The molecule has 0 aromatic heterocycles. The van der Waals surface area contributed by atoms with Crippen LogP contribution in [0.3, 0.4) is 0 Å². The van der Waals surface area contributed by atoms with E-state index in [1.165, 1.54) is 7.11 Å². The Labute approximate surface area is 64.3 Å². The first-order chi connectivity index (χ1) is 2.27. The first-order valence-corrected chi connectivity index (χ1v) is 1.51. The third-order valence-electron chi connectivity index (χ3n) is 0.201. The summed E-state index contributed by atoms with van der Waals surface area (Å²) >= 11 is 4.25. The normalized spacial score (nSPS) is 5.50. The fourth-order valence-electron chi connectivity index (χ4n) is 0. The topological polar surface area (TPSA) is 35.2 Å². The number of hydrogen-bond donors (Lipinski definition) is 1. The standard InChI is InChI=1S/C2H5NOS.Na/c1-4-2(3)5;/h1H3,(H2,3,5);. The third kappa shape index (κ3) is 8.83. The molecule has 0 heterocycles. The second kappa shape index (κ2) is 5.69. The maximum atomic E-state index is 4.80. The van der Waals surface area contributed by atoms with E-state index in [0.29, 0.717) is 0 Å². The van der Waals surface area contributed by atoms with Crippen LogP contribution in [0.2, 0.25) is 0 Å². The van der Waals surface area contributed by atoms with E-state index in [9.17, 15) is 0 Å². The summed E-state index contributed by atoms with van der Waals surface area (Å²) in [5.41, 5.74) is 4.80. The Kier molecular flexibility index (Phi) is 9.34. The van der Waals surface area contributed by atoms with Gasteiger partial charge in [0.1, 0.15) is 0 Å². The van der Waals surface area contributed by atoms with E-state index < -0.39 is 0 Å². The van der Waals surface area contributed by atoms with Crippen molar-refractivity contribution in [2.75, 3.05) is 7.11 Å². The van der Waals surface area contributed by atoms with Crippen LogP contribution in [0.25, 0.3) is 0 Å². The van der Waals surface area contributed by atoms with Gasteiger partial charge in [-0.15, -0.1) is 0 Å². The first kappa shape index (κ1) is 9.85. The van der Waals surface area contributed by atoms with Crippen LogP contribution in [0, 0.1) is 0 Å². The zero-order valence-corrected chi connectivity index (χ0v) is 6.71. The predicted molar refractivity (Wildman–Crippen MR) is 29.5 cm³/mol. The van der Waals surface area contributed by atoms with E-state index in [1.54, 1.807) is 0 Å². The SMILES string of the molecule is COC(N)=S.[Na]. The van der Waals surface area contributed by atoms with Crippen LogP contribution in [0.15, 0.2) is 0 Å². The fraction of sp³-hybridized carbons (Fsp3) is 0.500. The van der Waals surface area contributed by atoms with Gasteiger partial charge in [0.15, 0.2) is 0 Å². The van der Waals surface area contributed by atoms with Crippen molar-refractivity contribution >= 4 is 46.9 Å². The van der Waals surface area contributed by atoms with E-state index in [-0.39, 0.29) is 34.7 Å². The van der Waals surface area contributed by atoms with Gasteiger partial charge in [-0.2, -0.15) is 0 Å². The van der Waals surface area contributed by atoms with E-state index in [4.69, 9.17) is 5.73 Å². The molecule has 4 heteroatoms. The van der Waals surface area contributed by atoms with Gasteiger partial charge >= 0.3 is 0 Å². The Morgan fingerprint density at radius 2 is 2.00 bits per heavy atom. The van der Waals surface area contributed by atoms with Gasteiger partial charge in [0.25, 0.3) is 5.17 Å². The van der Waals surface area contributed by atoms with Gasteiger partial charge in [0.2, 0.25) is 0 Å². The Balaban J connectivity index is 0. The monoisotopic (exact) mass is 114 g/mol. The largest absolute Gasteiger partial charge is 0.475 e. The van der Waals surface area contributed by atoms with Crippen LogP contribution in [0.4, 0.5) is 0 Å². The van der Waals surface area contributed by atoms with Crippen LogP contribution in [-0.4, -0.2) is 41.8 Å². The van der Waals surface area contributed by atoms with Crippen LogP contribution in [-0.2, 0) is 4.74 Å². The summed E-state index contributed by atoms with van der Waals surface area (Å²) in [5, 5.41) is 0.0880. The molecule has 0 atom stereocenters. The van der Waals surface area contributed by atoms with Crippen molar-refractivity contribution in [1.29, 1.82) is 0 Å². The maximum Gasteiger partial charge on any atom is 0.253 e. The van der Waals surface area contributed by atoms with Gasteiger partial charge in [-0.3, -0.25) is 0 Å². The van der Waals surface area contributed by atoms with Crippen LogP contribution in [0.1, 0.15) is 0 Å². The Hall–Kier alpha value is 0.690. The van der Waals surface area contributed by atoms with Crippen molar-refractivity contribution in [3.63, 3.8) is 0 Å². The van der Waals surface area contributed by atoms with Crippen molar-refractivity contribution in [3.8, 4) is 0 Å². The quantitative estimate of drug-likeness (QED) is 0.340. The summed E-state index contributed by atoms with van der Waals surface area (Å²) in [6.07, 6.45) is 0. The Bertz CT molecular complexity index is 48.8. The zero-order valence-electron chi connectivity index (χ0n) is 3.89. The molecule has 0 fully saturated rings. The minimum absolute atomic E-state index is 0. The molecule has 0 saturated carbocycles. The molecule has 1 radical (unpaired) electrons. The molecule has 0 saturated heterocycles. The predicted octanol–water partition coefficient (Wildman–Crippen LogP) is -0.504. The van der Waals surface area contributed by atoms with Gasteiger partial charge in [0.05, 0.1) is 7.11 Å². The average molecular weight is 114 g/mol. The van der Waals surface area contributed by atoms with E-state index in [1.807, 2.05) is 0 Å². The van der Waals surface area contributed by atoms with Gasteiger partial charge in [-0.1, -0.05) is 0 Å². The molecule has 0 aromatic carbocycles. The maximum absolute atomic E-state index is 4.80. The van der Waals surface area contributed by atoms with Crippen molar-refractivity contribution in [2.24, 2.45) is 5.73 Å². The molecule has 6 heavy (non-hydrogen) atoms. The number of rotatable bonds is 0. The van der Waals surface area contributed by atoms with Gasteiger partial charge < -0.3 is 10.5 Å². The molecule has 0 amide bonds. The van der Waals surface area contributed by atoms with E-state index >= 15 is 0 Å². The third-order valence-corrected chi connectivity index (χ3v) is 0.368. The minimum Gasteiger partial charge on any atom is -0.475 e. The average Bonchev–Trinajstić information content (AvgIpc) is 1.38. The van der Waals surface area contributed by atoms with Crippen molar-refractivity contribution in [1.82, 2.24) is 0 Å². The molecule has 0 rings (SSSR count). The molecular formula is C2H5NNaOS. The van der Waals surface area contributed by atoms with Gasteiger partial charge in [0, 0.05) is 29.6 Å². The minimum atomic E-state index is 0. The summed E-state index contributed by atoms with van der Waals surface area (Å²) < 4.78 is 4.26. The molecule has 0 aliphatic heterocycles. The molecule has 2 N–H and O–H groups in total. The van der Waals surface area contributed by atoms with Gasteiger partial charge in [-0.25, -0.2) is 0 Å². The molecule has 0 bridgehead atoms. The molecule has 0 spiro atoms. The number of hydrogen-bond acceptors (Lipinski definition) is 2. The van der Waals surface area contributed by atoms with E-state index in [0.717, 1.165) is 0 Å². The second-order valence-corrected chi connectivity index (χ2v) is 0.926. The van der Waals surface area contributed by atoms with Gasteiger partial charge in [-0.05, 0) is 12.2 Å². The molecule has 0 aliphatic carbocycles. The summed E-state index contributed by atoms with van der Waals surface area (Å²) in [6, 6.07) is 0.